The number of aryl methyl sites for hydroxylation is 1. The molecule has 5 N–H and O–H groups in total. The van der Waals surface area contributed by atoms with Crippen LogP contribution in [0.25, 0.3) is 0 Å². The van der Waals surface area contributed by atoms with Crippen LogP contribution in [0.1, 0.15) is 158 Å². The molecule has 0 saturated carbocycles. The summed E-state index contributed by atoms with van der Waals surface area (Å²) in [4.78, 5) is 21.2. The SMILES string of the molecule is CC(C)(C)c1ccc(C(=O)O)c(O)c1.CC(C)(C)c1ccc(C(=O)O)cc1.CC(C)(C)c1ccc(N)cc1.COc1ccc(C(C)(C)C)cc1.Cc1ccc(C(C)(C)C)cc1. The molecule has 0 bridgehead atoms. The average Bonchev–Trinajstić information content (AvgIpc) is 3.14. The lowest BCUT2D eigenvalue weighted by atomic mass is 9.86. The fraction of sp³-hybridized carbons (Fsp3) is 0.407. The van der Waals surface area contributed by atoms with E-state index < -0.39 is 11.9 Å². The molecule has 5 aromatic carbocycles. The van der Waals surface area contributed by atoms with Crippen molar-refractivity contribution >= 4 is 17.6 Å². The van der Waals surface area contributed by atoms with Crippen LogP contribution >= 0.6 is 0 Å². The van der Waals surface area contributed by atoms with E-state index in [2.05, 4.69) is 139 Å². The summed E-state index contributed by atoms with van der Waals surface area (Å²) in [6, 6.07) is 36.7. The number of carboxylic acids is 2. The van der Waals surface area contributed by atoms with Crippen molar-refractivity contribution in [1.82, 2.24) is 0 Å². The number of anilines is 1. The smallest absolute Gasteiger partial charge is 0.339 e. The summed E-state index contributed by atoms with van der Waals surface area (Å²) in [5.74, 6) is -1.24. The minimum absolute atomic E-state index is 0.0574. The monoisotopic (exact) mass is 834 g/mol. The fourth-order valence-electron chi connectivity index (χ4n) is 5.42. The molecule has 7 heteroatoms. The van der Waals surface area contributed by atoms with Crippen molar-refractivity contribution in [2.24, 2.45) is 0 Å². The first-order valence-electron chi connectivity index (χ1n) is 20.8. The Hall–Kier alpha value is -5.56. The largest absolute Gasteiger partial charge is 0.507 e. The molecule has 0 heterocycles. The van der Waals surface area contributed by atoms with Crippen LogP contribution in [0.2, 0.25) is 0 Å². The van der Waals surface area contributed by atoms with E-state index in [0.717, 1.165) is 22.6 Å². The number of rotatable bonds is 3. The molecule has 61 heavy (non-hydrogen) atoms. The van der Waals surface area contributed by atoms with E-state index in [1.54, 1.807) is 25.3 Å². The molecule has 0 aromatic heterocycles. The Balaban J connectivity index is 0.000000382. The van der Waals surface area contributed by atoms with E-state index in [4.69, 9.17) is 20.7 Å². The third-order valence-electron chi connectivity index (χ3n) is 9.74. The van der Waals surface area contributed by atoms with Crippen molar-refractivity contribution in [3.05, 3.63) is 160 Å². The first kappa shape index (κ1) is 53.5. The van der Waals surface area contributed by atoms with Gasteiger partial charge >= 0.3 is 11.9 Å². The number of nitrogen functional groups attached to an aromatic ring is 1. The van der Waals surface area contributed by atoms with Gasteiger partial charge in [0.2, 0.25) is 0 Å². The summed E-state index contributed by atoms with van der Waals surface area (Å²) in [5, 5.41) is 26.8. The van der Waals surface area contributed by atoms with Gasteiger partial charge in [0.15, 0.2) is 0 Å². The molecule has 332 valence electrons. The summed E-state index contributed by atoms with van der Waals surface area (Å²) >= 11 is 0. The third kappa shape index (κ3) is 19.6. The number of phenols is 1. The van der Waals surface area contributed by atoms with E-state index in [9.17, 15) is 14.7 Å². The van der Waals surface area contributed by atoms with Crippen molar-refractivity contribution in [2.75, 3.05) is 12.8 Å². The maximum atomic E-state index is 10.6. The van der Waals surface area contributed by atoms with E-state index in [1.165, 1.54) is 34.4 Å². The number of methoxy groups -OCH3 is 1. The van der Waals surface area contributed by atoms with Gasteiger partial charge in [-0.15, -0.1) is 0 Å². The predicted molar refractivity (Wildman–Crippen MR) is 257 cm³/mol. The van der Waals surface area contributed by atoms with E-state index in [-0.39, 0.29) is 38.4 Å². The number of carbonyl (C=O) groups is 2. The number of hydrogen-bond donors (Lipinski definition) is 4. The lowest BCUT2D eigenvalue weighted by molar-refractivity contribution is 0.0684. The highest BCUT2D eigenvalue weighted by molar-refractivity contribution is 5.90. The Morgan fingerprint density at radius 1 is 0.459 bits per heavy atom. The van der Waals surface area contributed by atoms with Crippen LogP contribution in [-0.4, -0.2) is 34.4 Å². The normalized spacial score (nSPS) is 11.4. The molecule has 0 amide bonds. The summed E-state index contributed by atoms with van der Waals surface area (Å²) in [6.45, 7) is 34.3. The lowest BCUT2D eigenvalue weighted by Gasteiger charge is -2.19. The molecule has 0 aliphatic carbocycles. The van der Waals surface area contributed by atoms with Gasteiger partial charge in [0.25, 0.3) is 0 Å². The zero-order chi connectivity index (χ0) is 47.1. The molecule has 0 aliphatic heterocycles. The lowest BCUT2D eigenvalue weighted by Crippen LogP contribution is -2.11. The Morgan fingerprint density at radius 2 is 0.770 bits per heavy atom. The molecular formula is C54H75NO6. The maximum Gasteiger partial charge on any atom is 0.339 e. The van der Waals surface area contributed by atoms with Crippen molar-refractivity contribution < 1.29 is 29.6 Å². The van der Waals surface area contributed by atoms with Crippen LogP contribution < -0.4 is 10.5 Å². The second-order valence-corrected chi connectivity index (χ2v) is 20.4. The fourth-order valence-corrected chi connectivity index (χ4v) is 5.42. The van der Waals surface area contributed by atoms with Crippen LogP contribution in [0.4, 0.5) is 5.69 Å². The summed E-state index contributed by atoms with van der Waals surface area (Å²) in [6.07, 6.45) is 0. The molecule has 0 radical (unpaired) electrons. The molecule has 0 saturated heterocycles. The highest BCUT2D eigenvalue weighted by atomic mass is 16.5. The standard InChI is InChI=1S/C11H14O3.C11H14O2.C11H16O.C11H16.C10H15N/c1-11(2,3)7-4-5-8(10(13)14)9(12)6-7;1-11(2,3)9-6-4-8(5-7-9)10(12)13;1-11(2,3)9-5-7-10(12-4)8-6-9;1-9-5-7-10(8-6-9)11(2,3)4;1-10(2,3)8-4-6-9(11)7-5-8/h4-6,12H,1-3H3,(H,13,14);4-7H,1-3H3,(H,12,13);5-8H,1-4H3;5-8H,1-4H3;4-7H,11H2,1-3H3. The van der Waals surface area contributed by atoms with E-state index in [0.29, 0.717) is 5.56 Å². The molecule has 0 spiro atoms. The number of ether oxygens (including phenoxy) is 1. The van der Waals surface area contributed by atoms with Gasteiger partial charge in [0, 0.05) is 5.69 Å². The second-order valence-electron chi connectivity index (χ2n) is 20.4. The number of carboxylic acid groups (broad SMARTS) is 2. The Kier molecular flexibility index (Phi) is 19.6. The van der Waals surface area contributed by atoms with Gasteiger partial charge in [0.05, 0.1) is 12.7 Å². The third-order valence-corrected chi connectivity index (χ3v) is 9.74. The number of nitrogens with two attached hydrogens (primary N) is 1. The first-order chi connectivity index (χ1) is 27.8. The molecule has 7 nitrogen and oxygen atoms in total. The summed E-state index contributed by atoms with van der Waals surface area (Å²) in [7, 11) is 1.69. The molecule has 0 aliphatic rings. The quantitative estimate of drug-likeness (QED) is 0.133. The number of benzene rings is 5. The number of hydrogen-bond acceptors (Lipinski definition) is 5. The van der Waals surface area contributed by atoms with Gasteiger partial charge in [-0.05, 0) is 110 Å². The zero-order valence-electron chi connectivity index (χ0n) is 40.1. The van der Waals surface area contributed by atoms with Gasteiger partial charge in [-0.1, -0.05) is 176 Å². The Bertz CT molecular complexity index is 2020. The van der Waals surface area contributed by atoms with Crippen molar-refractivity contribution in [3.8, 4) is 11.5 Å². The minimum atomic E-state index is -1.11. The molecule has 5 rings (SSSR count). The molecule has 5 aromatic rings. The minimum Gasteiger partial charge on any atom is -0.507 e. The van der Waals surface area contributed by atoms with Gasteiger partial charge in [-0.3, -0.25) is 0 Å². The van der Waals surface area contributed by atoms with Crippen LogP contribution in [0.5, 0.6) is 11.5 Å². The zero-order valence-corrected chi connectivity index (χ0v) is 40.1. The molecular weight excluding hydrogens is 759 g/mol. The second kappa shape index (κ2) is 22.3. The topological polar surface area (TPSA) is 130 Å². The van der Waals surface area contributed by atoms with Crippen molar-refractivity contribution in [3.63, 3.8) is 0 Å². The molecule has 0 atom stereocenters. The van der Waals surface area contributed by atoms with Gasteiger partial charge in [0.1, 0.15) is 17.1 Å². The first-order valence-corrected chi connectivity index (χ1v) is 20.8. The maximum absolute atomic E-state index is 10.6. The van der Waals surface area contributed by atoms with Gasteiger partial charge in [-0.25, -0.2) is 9.59 Å². The van der Waals surface area contributed by atoms with Crippen LogP contribution in [-0.2, 0) is 27.1 Å². The van der Waals surface area contributed by atoms with Crippen LogP contribution in [0, 0.1) is 6.92 Å². The highest BCUT2D eigenvalue weighted by Gasteiger charge is 2.18. The summed E-state index contributed by atoms with van der Waals surface area (Å²) in [5.41, 5.74) is 14.9. The Morgan fingerprint density at radius 3 is 1.07 bits per heavy atom. The van der Waals surface area contributed by atoms with Gasteiger partial charge < -0.3 is 25.8 Å². The van der Waals surface area contributed by atoms with Gasteiger partial charge in [-0.2, -0.15) is 0 Å². The summed E-state index contributed by atoms with van der Waals surface area (Å²) < 4.78 is 5.08. The molecule has 0 unspecified atom stereocenters. The number of aromatic hydroxyl groups is 1. The van der Waals surface area contributed by atoms with Crippen LogP contribution in [0.15, 0.2) is 115 Å². The van der Waals surface area contributed by atoms with Crippen molar-refractivity contribution in [2.45, 2.75) is 138 Å². The average molecular weight is 834 g/mol. The predicted octanol–water partition coefficient (Wildman–Crippen LogP) is 13.9. The van der Waals surface area contributed by atoms with E-state index >= 15 is 0 Å². The van der Waals surface area contributed by atoms with E-state index in [1.807, 2.05) is 57.2 Å². The van der Waals surface area contributed by atoms with Crippen LogP contribution in [0.3, 0.4) is 0 Å². The highest BCUT2D eigenvalue weighted by Crippen LogP contribution is 2.28. The number of aromatic carboxylic acids is 2. The van der Waals surface area contributed by atoms with Crippen molar-refractivity contribution in [1.29, 1.82) is 0 Å². The molecule has 0 fully saturated rings. The Labute approximate surface area is 368 Å².